The molecule has 6 atom stereocenters. The van der Waals surface area contributed by atoms with Gasteiger partial charge in [0.25, 0.3) is 0 Å². The van der Waals surface area contributed by atoms with Crippen LogP contribution in [0, 0.1) is 35.5 Å². The Balaban J connectivity index is 0.000000384. The van der Waals surface area contributed by atoms with Crippen LogP contribution in [-0.2, 0) is 14.4 Å². The maximum atomic E-state index is 10.3. The van der Waals surface area contributed by atoms with Gasteiger partial charge in [0, 0.05) is 35.7 Å². The molecule has 0 heterocycles. The maximum absolute atomic E-state index is 10.3. The van der Waals surface area contributed by atoms with E-state index in [4.69, 9.17) is 0 Å². The second kappa shape index (κ2) is 13.3. The van der Waals surface area contributed by atoms with Gasteiger partial charge in [0.15, 0.2) is 0 Å². The number of carboxylic acid groups (broad SMARTS) is 3. The summed E-state index contributed by atoms with van der Waals surface area (Å²) in [5.41, 5.74) is 0. The molecule has 0 N–H and O–H groups in total. The molecule has 0 aromatic carbocycles. The van der Waals surface area contributed by atoms with Crippen LogP contribution in [0.2, 0.25) is 0 Å². The Morgan fingerprint density at radius 2 is 0.750 bits per heavy atom. The van der Waals surface area contributed by atoms with E-state index in [1.807, 2.05) is 20.8 Å². The van der Waals surface area contributed by atoms with Crippen molar-refractivity contribution in [2.45, 2.75) is 78.6 Å². The Bertz CT molecular complexity index is 438. The largest absolute Gasteiger partial charge is 3.00 e. The summed E-state index contributed by atoms with van der Waals surface area (Å²) < 4.78 is 0. The van der Waals surface area contributed by atoms with Gasteiger partial charge in [-0.2, -0.15) is 0 Å². The summed E-state index contributed by atoms with van der Waals surface area (Å²) in [4.78, 5) is 30.9. The van der Waals surface area contributed by atoms with Crippen LogP contribution in [0.3, 0.4) is 0 Å². The molecule has 0 bridgehead atoms. The van der Waals surface area contributed by atoms with Gasteiger partial charge in [-0.05, 0) is 37.0 Å². The van der Waals surface area contributed by atoms with Crippen LogP contribution in [0.5, 0.6) is 0 Å². The smallest absolute Gasteiger partial charge is 0.550 e. The zero-order valence-corrected chi connectivity index (χ0v) is 19.8. The summed E-state index contributed by atoms with van der Waals surface area (Å²) >= 11 is 0. The fraction of sp³-hybridized carbons (Fsp3) is 0.857. The number of carbonyl (C=O) groups excluding carboxylic acids is 3. The maximum Gasteiger partial charge on any atom is 3.00 e. The summed E-state index contributed by atoms with van der Waals surface area (Å²) in [5.74, 6) is -2.04. The molecule has 156 valence electrons. The third kappa shape index (κ3) is 8.60. The monoisotopic (exact) mass is 450 g/mol. The fourth-order valence-corrected chi connectivity index (χ4v) is 4.49. The minimum atomic E-state index is -0.861. The number of hydrogen-bond donors (Lipinski definition) is 0. The van der Waals surface area contributed by atoms with Crippen molar-refractivity contribution < 1.29 is 29.7 Å². The van der Waals surface area contributed by atoms with Crippen LogP contribution in [0.1, 0.15) is 78.6 Å². The van der Waals surface area contributed by atoms with Gasteiger partial charge in [0.1, 0.15) is 0 Å². The Labute approximate surface area is 181 Å². The van der Waals surface area contributed by atoms with E-state index in [2.05, 4.69) is 0 Å². The van der Waals surface area contributed by atoms with Gasteiger partial charge < -0.3 is 29.7 Å². The predicted octanol–water partition coefficient (Wildman–Crippen LogP) is 0.137. The van der Waals surface area contributed by atoms with Crippen molar-refractivity contribution in [2.75, 3.05) is 0 Å². The molecule has 3 fully saturated rings. The van der Waals surface area contributed by atoms with E-state index in [-0.39, 0.29) is 37.5 Å². The van der Waals surface area contributed by atoms with Gasteiger partial charge in [0.05, 0.1) is 0 Å². The van der Waals surface area contributed by atoms with Crippen LogP contribution in [0.15, 0.2) is 0 Å². The molecule has 0 aromatic rings. The quantitative estimate of drug-likeness (QED) is 0.563. The second-order valence-electron chi connectivity index (χ2n) is 8.50. The number of carbonyl (C=O) groups is 3. The second-order valence-corrected chi connectivity index (χ2v) is 8.50. The number of carboxylic acids is 3. The molecule has 7 heteroatoms. The van der Waals surface area contributed by atoms with Crippen LogP contribution in [0.25, 0.3) is 0 Å². The number of hydrogen-bond acceptors (Lipinski definition) is 6. The van der Waals surface area contributed by atoms with Crippen molar-refractivity contribution in [2.24, 2.45) is 35.5 Å². The molecular weight excluding hydrogens is 418 g/mol. The third-order valence-corrected chi connectivity index (χ3v) is 6.49. The van der Waals surface area contributed by atoms with E-state index in [9.17, 15) is 29.7 Å². The van der Waals surface area contributed by atoms with E-state index in [1.165, 1.54) is 0 Å². The molecule has 3 saturated carbocycles. The Morgan fingerprint density at radius 3 is 0.821 bits per heavy atom. The third-order valence-electron chi connectivity index (χ3n) is 6.49. The van der Waals surface area contributed by atoms with Crippen LogP contribution in [0.4, 0.5) is 0 Å². The SMILES string of the molecule is CC1CCCC1C(=O)[O-].CC1CCCC1C(=O)[O-].CC1CCCC1C(=O)[O-].[Ga+3]. The normalized spacial score (nSPS) is 33.5. The topological polar surface area (TPSA) is 120 Å². The molecule has 0 amide bonds. The zero-order chi connectivity index (χ0) is 20.6. The van der Waals surface area contributed by atoms with Crippen LogP contribution in [-0.4, -0.2) is 37.7 Å². The van der Waals surface area contributed by atoms with Crippen molar-refractivity contribution in [3.05, 3.63) is 0 Å². The van der Waals surface area contributed by atoms with Gasteiger partial charge in [-0.25, -0.2) is 0 Å². The van der Waals surface area contributed by atoms with Crippen LogP contribution < -0.4 is 15.3 Å². The minimum Gasteiger partial charge on any atom is -0.550 e. The summed E-state index contributed by atoms with van der Waals surface area (Å²) in [6, 6.07) is 0. The van der Waals surface area contributed by atoms with Crippen molar-refractivity contribution in [1.29, 1.82) is 0 Å². The Morgan fingerprint density at radius 1 is 0.536 bits per heavy atom. The van der Waals surface area contributed by atoms with Crippen LogP contribution >= 0.6 is 0 Å². The predicted molar refractivity (Wildman–Crippen MR) is 100 cm³/mol. The molecule has 6 nitrogen and oxygen atoms in total. The van der Waals surface area contributed by atoms with Crippen molar-refractivity contribution >= 4 is 37.7 Å². The van der Waals surface area contributed by atoms with E-state index in [1.54, 1.807) is 0 Å². The molecular formula is C21H33GaO6. The van der Waals surface area contributed by atoms with E-state index in [0.717, 1.165) is 57.8 Å². The van der Waals surface area contributed by atoms with Gasteiger partial charge in [0.2, 0.25) is 0 Å². The molecule has 3 aliphatic rings. The molecule has 6 unspecified atom stereocenters. The molecule has 0 saturated heterocycles. The summed E-state index contributed by atoms with van der Waals surface area (Å²) in [7, 11) is 0. The number of aliphatic carboxylic acids is 3. The molecule has 3 rings (SSSR count). The first-order valence-electron chi connectivity index (χ1n) is 10.3. The molecule has 3 aliphatic carbocycles. The first-order valence-corrected chi connectivity index (χ1v) is 10.3. The molecule has 0 aliphatic heterocycles. The standard InChI is InChI=1S/3C7H12O2.Ga/c3*1-5-3-2-4-6(5)7(8)9;/h3*5-6H,2-4H2,1H3,(H,8,9);/q;;;+3/p-3. The average molecular weight is 451 g/mol. The van der Waals surface area contributed by atoms with Gasteiger partial charge >= 0.3 is 19.8 Å². The van der Waals surface area contributed by atoms with E-state index < -0.39 is 17.9 Å². The fourth-order valence-electron chi connectivity index (χ4n) is 4.49. The number of rotatable bonds is 3. The summed E-state index contributed by atoms with van der Waals surface area (Å²) in [6.45, 7) is 5.94. The minimum absolute atomic E-state index is 0. The van der Waals surface area contributed by atoms with E-state index in [0.29, 0.717) is 17.8 Å². The first kappa shape index (κ1) is 27.0. The molecule has 0 spiro atoms. The summed E-state index contributed by atoms with van der Waals surface area (Å²) in [5, 5.41) is 30.9. The first-order chi connectivity index (χ1) is 12.6. The Hall–Kier alpha value is -0.954. The summed E-state index contributed by atoms with van der Waals surface area (Å²) in [6.07, 6.45) is 8.80. The van der Waals surface area contributed by atoms with E-state index >= 15 is 0 Å². The van der Waals surface area contributed by atoms with Crippen molar-refractivity contribution in [3.8, 4) is 0 Å². The Kier molecular flexibility index (Phi) is 12.8. The molecule has 28 heavy (non-hydrogen) atoms. The van der Waals surface area contributed by atoms with Crippen molar-refractivity contribution in [1.82, 2.24) is 0 Å². The zero-order valence-electron chi connectivity index (χ0n) is 17.4. The van der Waals surface area contributed by atoms with Crippen molar-refractivity contribution in [3.63, 3.8) is 0 Å². The van der Waals surface area contributed by atoms with Gasteiger partial charge in [-0.3, -0.25) is 0 Å². The van der Waals surface area contributed by atoms with Gasteiger partial charge in [-0.15, -0.1) is 0 Å². The molecule has 0 radical (unpaired) electrons. The average Bonchev–Trinajstić information content (AvgIpc) is 3.29. The molecule has 0 aromatic heterocycles. The van der Waals surface area contributed by atoms with Gasteiger partial charge in [-0.1, -0.05) is 59.3 Å².